The molecule has 0 aliphatic rings. The van der Waals surface area contributed by atoms with Gasteiger partial charge in [-0.3, -0.25) is 14.6 Å². The van der Waals surface area contributed by atoms with E-state index in [1.165, 1.54) is 25.3 Å². The van der Waals surface area contributed by atoms with Gasteiger partial charge in [0, 0.05) is 0 Å². The number of rotatable bonds is 4. The van der Waals surface area contributed by atoms with Gasteiger partial charge in [-0.1, -0.05) is 0 Å². The van der Waals surface area contributed by atoms with Crippen LogP contribution in [0.5, 0.6) is 0 Å². The first-order valence-electron chi connectivity index (χ1n) is 5.74. The number of carbonyl (C=O) groups excluding carboxylic acids is 2. The van der Waals surface area contributed by atoms with Crippen molar-refractivity contribution in [3.8, 4) is 0 Å². The Morgan fingerprint density at radius 3 is 2.53 bits per heavy atom. The molecule has 5 heteroatoms. The number of nitrogens with zero attached hydrogens (tertiary/aromatic N) is 1. The first-order valence-corrected chi connectivity index (χ1v) is 5.74. The third-order valence-electron chi connectivity index (χ3n) is 2.89. The summed E-state index contributed by atoms with van der Waals surface area (Å²) in [7, 11) is 0. The molecular weight excluding hydrogens is 249 g/mol. The molecule has 2 aromatic heterocycles. The molecule has 19 heavy (non-hydrogen) atoms. The summed E-state index contributed by atoms with van der Waals surface area (Å²) in [6.07, 6.45) is 2.35. The van der Waals surface area contributed by atoms with E-state index in [2.05, 4.69) is 4.98 Å². The highest BCUT2D eigenvalue weighted by atomic mass is 19.1. The molecule has 0 aromatic carbocycles. The molecule has 0 amide bonds. The molecule has 0 bridgehead atoms. The van der Waals surface area contributed by atoms with E-state index in [1.54, 1.807) is 6.92 Å². The van der Waals surface area contributed by atoms with Crippen LogP contribution in [0.4, 0.5) is 4.39 Å². The number of furan rings is 1. The molecule has 1 atom stereocenters. The van der Waals surface area contributed by atoms with Crippen LogP contribution in [-0.4, -0.2) is 16.6 Å². The van der Waals surface area contributed by atoms with Crippen LogP contribution in [0.25, 0.3) is 0 Å². The van der Waals surface area contributed by atoms with Gasteiger partial charge in [-0.25, -0.2) is 4.39 Å². The van der Waals surface area contributed by atoms with Crippen LogP contribution in [0.15, 0.2) is 35.1 Å². The fraction of sp³-hybridized carbons (Fsp3) is 0.214. The van der Waals surface area contributed by atoms with E-state index in [0.29, 0.717) is 11.3 Å². The molecular formula is C14H12FNO3. The van der Waals surface area contributed by atoms with Gasteiger partial charge >= 0.3 is 0 Å². The number of ketones is 2. The summed E-state index contributed by atoms with van der Waals surface area (Å²) >= 11 is 0. The molecule has 0 saturated heterocycles. The molecule has 2 rings (SSSR count). The largest absolute Gasteiger partial charge is 0.469 e. The maximum Gasteiger partial charge on any atom is 0.191 e. The zero-order chi connectivity index (χ0) is 14.0. The Kier molecular flexibility index (Phi) is 3.55. The maximum atomic E-state index is 12.7. The summed E-state index contributed by atoms with van der Waals surface area (Å²) in [6.45, 7) is 3.16. The number of Topliss-reactive ketones (excluding diaryl/α,β-unsaturated/α-hetero) is 2. The Morgan fingerprint density at radius 1 is 1.26 bits per heavy atom. The Bertz CT molecular complexity index is 616. The van der Waals surface area contributed by atoms with E-state index in [4.69, 9.17) is 4.42 Å². The van der Waals surface area contributed by atoms with E-state index in [0.717, 1.165) is 12.3 Å². The molecule has 4 nitrogen and oxygen atoms in total. The van der Waals surface area contributed by atoms with Crippen LogP contribution >= 0.6 is 0 Å². The molecule has 0 fully saturated rings. The number of hydrogen-bond acceptors (Lipinski definition) is 4. The highest BCUT2D eigenvalue weighted by molar-refractivity contribution is 6.15. The second kappa shape index (κ2) is 5.14. The van der Waals surface area contributed by atoms with Gasteiger partial charge in [0.2, 0.25) is 0 Å². The molecule has 98 valence electrons. The summed E-state index contributed by atoms with van der Waals surface area (Å²) in [5, 5.41) is 0. The molecule has 0 aliphatic carbocycles. The number of pyridine rings is 1. The van der Waals surface area contributed by atoms with Crippen LogP contribution in [0.1, 0.15) is 33.5 Å². The Balaban J connectivity index is 2.22. The highest BCUT2D eigenvalue weighted by Gasteiger charge is 2.26. The first kappa shape index (κ1) is 13.1. The predicted octanol–water partition coefficient (Wildman–Crippen LogP) is 2.82. The predicted molar refractivity (Wildman–Crippen MR) is 65.5 cm³/mol. The normalized spacial score (nSPS) is 12.2. The Hall–Kier alpha value is -2.30. The topological polar surface area (TPSA) is 60.2 Å². The lowest BCUT2D eigenvalue weighted by Gasteiger charge is -2.08. The summed E-state index contributed by atoms with van der Waals surface area (Å²) in [4.78, 5) is 27.9. The zero-order valence-electron chi connectivity index (χ0n) is 10.5. The van der Waals surface area contributed by atoms with Crippen LogP contribution in [-0.2, 0) is 0 Å². The highest BCUT2D eigenvalue weighted by Crippen LogP contribution is 2.17. The van der Waals surface area contributed by atoms with Crippen LogP contribution in [0, 0.1) is 18.7 Å². The van der Waals surface area contributed by atoms with Gasteiger partial charge in [-0.15, -0.1) is 0 Å². The lowest BCUT2D eigenvalue weighted by Crippen LogP contribution is -2.22. The van der Waals surface area contributed by atoms with Gasteiger partial charge in [0.05, 0.1) is 23.9 Å². The molecule has 2 aromatic rings. The number of halogens is 1. The lowest BCUT2D eigenvalue weighted by atomic mass is 9.94. The minimum Gasteiger partial charge on any atom is -0.469 e. The fourth-order valence-electron chi connectivity index (χ4n) is 1.74. The van der Waals surface area contributed by atoms with Crippen molar-refractivity contribution in [1.29, 1.82) is 0 Å². The zero-order valence-corrected chi connectivity index (χ0v) is 10.5. The smallest absolute Gasteiger partial charge is 0.191 e. The van der Waals surface area contributed by atoms with Crippen molar-refractivity contribution in [2.75, 3.05) is 0 Å². The molecule has 1 unspecified atom stereocenters. The number of aryl methyl sites for hydroxylation is 1. The van der Waals surface area contributed by atoms with Crippen molar-refractivity contribution in [3.05, 3.63) is 53.5 Å². The molecule has 0 radical (unpaired) electrons. The van der Waals surface area contributed by atoms with Crippen molar-refractivity contribution in [2.24, 2.45) is 5.92 Å². The number of hydrogen-bond donors (Lipinski definition) is 0. The van der Waals surface area contributed by atoms with Gasteiger partial charge < -0.3 is 4.42 Å². The van der Waals surface area contributed by atoms with E-state index < -0.39 is 17.5 Å². The summed E-state index contributed by atoms with van der Waals surface area (Å²) in [5.41, 5.74) is 0.450. The van der Waals surface area contributed by atoms with Crippen molar-refractivity contribution < 1.29 is 18.4 Å². The summed E-state index contributed by atoms with van der Waals surface area (Å²) in [5.74, 6) is -1.71. The standard InChI is InChI=1S/C14H12FNO3/c1-8(13(17)11-5-6-19-9(11)2)14(18)12-4-3-10(15)7-16-12/h3-8H,1-2H3. The van der Waals surface area contributed by atoms with Crippen LogP contribution in [0.2, 0.25) is 0 Å². The maximum absolute atomic E-state index is 12.7. The molecule has 0 N–H and O–H groups in total. The average molecular weight is 261 g/mol. The van der Waals surface area contributed by atoms with Gasteiger partial charge in [0.1, 0.15) is 17.3 Å². The third kappa shape index (κ3) is 2.59. The van der Waals surface area contributed by atoms with Crippen molar-refractivity contribution in [1.82, 2.24) is 4.98 Å². The molecule has 0 saturated carbocycles. The fourth-order valence-corrected chi connectivity index (χ4v) is 1.74. The van der Waals surface area contributed by atoms with Crippen LogP contribution < -0.4 is 0 Å². The second-order valence-electron chi connectivity index (χ2n) is 4.20. The van der Waals surface area contributed by atoms with Crippen LogP contribution in [0.3, 0.4) is 0 Å². The molecule has 0 spiro atoms. The molecule has 2 heterocycles. The van der Waals surface area contributed by atoms with Crippen molar-refractivity contribution in [3.63, 3.8) is 0 Å². The lowest BCUT2D eigenvalue weighted by molar-refractivity contribution is 0.0817. The Morgan fingerprint density at radius 2 is 2.00 bits per heavy atom. The van der Waals surface area contributed by atoms with Gasteiger partial charge in [0.25, 0.3) is 0 Å². The van der Waals surface area contributed by atoms with E-state index in [1.807, 2.05) is 0 Å². The Labute approximate surface area is 109 Å². The van der Waals surface area contributed by atoms with E-state index in [-0.39, 0.29) is 11.5 Å². The van der Waals surface area contributed by atoms with Crippen molar-refractivity contribution in [2.45, 2.75) is 13.8 Å². The SMILES string of the molecule is Cc1occc1C(=O)C(C)C(=O)c1ccc(F)cn1. The third-order valence-corrected chi connectivity index (χ3v) is 2.89. The van der Waals surface area contributed by atoms with Gasteiger partial charge in [0.15, 0.2) is 11.6 Å². The second-order valence-corrected chi connectivity index (χ2v) is 4.20. The first-order chi connectivity index (χ1) is 9.00. The summed E-state index contributed by atoms with van der Waals surface area (Å²) in [6, 6.07) is 3.93. The average Bonchev–Trinajstić information content (AvgIpc) is 2.83. The minimum absolute atomic E-state index is 0.0726. The monoisotopic (exact) mass is 261 g/mol. The quantitative estimate of drug-likeness (QED) is 0.627. The van der Waals surface area contributed by atoms with Gasteiger partial charge in [-0.2, -0.15) is 0 Å². The minimum atomic E-state index is -0.880. The van der Waals surface area contributed by atoms with Gasteiger partial charge in [-0.05, 0) is 32.0 Å². The number of aromatic nitrogens is 1. The van der Waals surface area contributed by atoms with E-state index >= 15 is 0 Å². The summed E-state index contributed by atoms with van der Waals surface area (Å²) < 4.78 is 17.8. The molecule has 0 aliphatic heterocycles. The van der Waals surface area contributed by atoms with Crippen molar-refractivity contribution >= 4 is 11.6 Å². The number of carbonyl (C=O) groups is 2. The van der Waals surface area contributed by atoms with E-state index in [9.17, 15) is 14.0 Å².